The third-order valence-electron chi connectivity index (χ3n) is 4.72. The molecule has 9 heteroatoms. The minimum atomic E-state index is -3.67. The Balaban J connectivity index is 1.82. The first-order chi connectivity index (χ1) is 13.8. The molecule has 1 amide bonds. The molecule has 3 rings (SSSR count). The molecule has 1 fully saturated rings. The Morgan fingerprint density at radius 1 is 1.10 bits per heavy atom. The molecule has 0 spiro atoms. The van der Waals surface area contributed by atoms with Crippen LogP contribution in [0.3, 0.4) is 0 Å². The zero-order chi connectivity index (χ0) is 21.0. The fourth-order valence-corrected chi connectivity index (χ4v) is 4.87. The lowest BCUT2D eigenvalue weighted by Crippen LogP contribution is -2.40. The van der Waals surface area contributed by atoms with E-state index in [2.05, 4.69) is 0 Å². The molecule has 0 saturated carbocycles. The van der Waals surface area contributed by atoms with Crippen molar-refractivity contribution in [3.8, 4) is 0 Å². The van der Waals surface area contributed by atoms with Gasteiger partial charge < -0.3 is 9.64 Å². The van der Waals surface area contributed by atoms with E-state index in [4.69, 9.17) is 27.9 Å². The first-order valence-electron chi connectivity index (χ1n) is 9.24. The van der Waals surface area contributed by atoms with Crippen LogP contribution in [0, 0.1) is 0 Å². The summed E-state index contributed by atoms with van der Waals surface area (Å²) in [4.78, 5) is 14.8. The van der Waals surface area contributed by atoms with Crippen LogP contribution in [0.4, 0.5) is 0 Å². The van der Waals surface area contributed by atoms with Gasteiger partial charge in [0.05, 0.1) is 28.2 Å². The maximum Gasteiger partial charge on any atom is 0.254 e. The van der Waals surface area contributed by atoms with Crippen molar-refractivity contribution in [2.24, 2.45) is 0 Å². The van der Waals surface area contributed by atoms with Gasteiger partial charge in [0.15, 0.2) is 0 Å². The number of nitrogens with zero attached hydrogens (tertiary/aromatic N) is 2. The fourth-order valence-electron chi connectivity index (χ4n) is 3.09. The van der Waals surface area contributed by atoms with Crippen LogP contribution in [0.2, 0.25) is 10.0 Å². The zero-order valence-electron chi connectivity index (χ0n) is 16.0. The predicted octanol–water partition coefficient (Wildman–Crippen LogP) is 3.68. The number of amides is 1. The van der Waals surface area contributed by atoms with Gasteiger partial charge in [-0.3, -0.25) is 4.79 Å². The Labute approximate surface area is 181 Å². The molecule has 156 valence electrons. The van der Waals surface area contributed by atoms with Gasteiger partial charge in [0.25, 0.3) is 5.91 Å². The Hall–Kier alpha value is -1.64. The van der Waals surface area contributed by atoms with Gasteiger partial charge in [-0.15, -0.1) is 0 Å². The molecule has 0 aromatic heterocycles. The van der Waals surface area contributed by atoms with E-state index in [9.17, 15) is 13.2 Å². The van der Waals surface area contributed by atoms with Crippen molar-refractivity contribution in [3.63, 3.8) is 0 Å². The van der Waals surface area contributed by atoms with Gasteiger partial charge >= 0.3 is 0 Å². The van der Waals surface area contributed by atoms with Gasteiger partial charge in [-0.05, 0) is 42.8 Å². The van der Waals surface area contributed by atoms with E-state index >= 15 is 0 Å². The summed E-state index contributed by atoms with van der Waals surface area (Å²) in [5, 5.41) is 0.872. The van der Waals surface area contributed by atoms with Crippen molar-refractivity contribution in [2.45, 2.75) is 18.4 Å². The number of ether oxygens (including phenoxy) is 1. The van der Waals surface area contributed by atoms with E-state index < -0.39 is 10.0 Å². The fraction of sp³-hybridized carbons (Fsp3) is 0.350. The third kappa shape index (κ3) is 5.10. The van der Waals surface area contributed by atoms with Crippen LogP contribution in [0.15, 0.2) is 47.4 Å². The first-order valence-corrected chi connectivity index (χ1v) is 11.4. The number of carbonyl (C=O) groups is 1. The summed E-state index contributed by atoms with van der Waals surface area (Å²) < 4.78 is 32.4. The molecule has 2 aromatic carbocycles. The predicted molar refractivity (Wildman–Crippen MR) is 113 cm³/mol. The monoisotopic (exact) mass is 456 g/mol. The van der Waals surface area contributed by atoms with E-state index in [0.717, 1.165) is 5.56 Å². The normalized spacial score (nSPS) is 15.3. The highest BCUT2D eigenvalue weighted by Crippen LogP contribution is 2.24. The van der Waals surface area contributed by atoms with E-state index in [1.54, 1.807) is 29.2 Å². The summed E-state index contributed by atoms with van der Waals surface area (Å²) in [6, 6.07) is 11.4. The topological polar surface area (TPSA) is 66.9 Å². The number of hydrogen-bond donors (Lipinski definition) is 0. The molecule has 0 N–H and O–H groups in total. The van der Waals surface area contributed by atoms with Crippen LogP contribution in [-0.4, -0.2) is 56.4 Å². The van der Waals surface area contributed by atoms with Crippen molar-refractivity contribution < 1.29 is 17.9 Å². The second-order valence-electron chi connectivity index (χ2n) is 6.61. The van der Waals surface area contributed by atoms with E-state index in [1.807, 2.05) is 13.0 Å². The molecule has 1 heterocycles. The maximum absolute atomic E-state index is 13.0. The summed E-state index contributed by atoms with van der Waals surface area (Å²) in [5.74, 6) is -0.252. The number of sulfonamides is 1. The molecule has 0 radical (unpaired) electrons. The van der Waals surface area contributed by atoms with Gasteiger partial charge in [-0.2, -0.15) is 4.31 Å². The second kappa shape index (κ2) is 9.45. The van der Waals surface area contributed by atoms with E-state index in [-0.39, 0.29) is 10.8 Å². The summed E-state index contributed by atoms with van der Waals surface area (Å²) in [7, 11) is -3.67. The lowest BCUT2D eigenvalue weighted by Gasteiger charge is -2.26. The van der Waals surface area contributed by atoms with Crippen molar-refractivity contribution >= 4 is 39.1 Å². The molecule has 0 bridgehead atoms. The zero-order valence-corrected chi connectivity index (χ0v) is 18.3. The Morgan fingerprint density at radius 3 is 2.48 bits per heavy atom. The highest BCUT2D eigenvalue weighted by molar-refractivity contribution is 7.89. The number of morpholine rings is 1. The van der Waals surface area contributed by atoms with Crippen LogP contribution < -0.4 is 0 Å². The number of halogens is 2. The summed E-state index contributed by atoms with van der Waals surface area (Å²) in [5.41, 5.74) is 1.16. The van der Waals surface area contributed by atoms with Gasteiger partial charge in [0.2, 0.25) is 10.0 Å². The quantitative estimate of drug-likeness (QED) is 0.664. The average molecular weight is 457 g/mol. The standard InChI is InChI=1S/C20H22Cl2N2O4S/c1-2-23(14-15-6-7-18(21)19(22)12-15)20(25)16-4-3-5-17(13-16)29(26,27)24-8-10-28-11-9-24/h3-7,12-13H,2,8-11,14H2,1H3. The van der Waals surface area contributed by atoms with Crippen LogP contribution in [0.5, 0.6) is 0 Å². The molecule has 1 saturated heterocycles. The minimum absolute atomic E-state index is 0.107. The van der Waals surface area contributed by atoms with Crippen molar-refractivity contribution in [2.75, 3.05) is 32.8 Å². The summed E-state index contributed by atoms with van der Waals surface area (Å²) in [6.45, 7) is 4.00. The molecule has 0 aliphatic carbocycles. The van der Waals surface area contributed by atoms with Crippen LogP contribution >= 0.6 is 23.2 Å². The number of hydrogen-bond acceptors (Lipinski definition) is 4. The van der Waals surface area contributed by atoms with Gasteiger partial charge in [-0.25, -0.2) is 8.42 Å². The largest absolute Gasteiger partial charge is 0.379 e. The first kappa shape index (κ1) is 22.1. The number of benzene rings is 2. The second-order valence-corrected chi connectivity index (χ2v) is 9.36. The lowest BCUT2D eigenvalue weighted by molar-refractivity contribution is 0.0729. The van der Waals surface area contributed by atoms with Crippen LogP contribution in [-0.2, 0) is 21.3 Å². The molecule has 29 heavy (non-hydrogen) atoms. The molecule has 1 aliphatic heterocycles. The molecule has 0 atom stereocenters. The Morgan fingerprint density at radius 2 is 1.83 bits per heavy atom. The average Bonchev–Trinajstić information content (AvgIpc) is 2.74. The van der Waals surface area contributed by atoms with Crippen molar-refractivity contribution in [3.05, 3.63) is 63.6 Å². The van der Waals surface area contributed by atoms with Crippen molar-refractivity contribution in [1.82, 2.24) is 9.21 Å². The molecule has 6 nitrogen and oxygen atoms in total. The molecular formula is C20H22Cl2N2O4S. The minimum Gasteiger partial charge on any atom is -0.379 e. The smallest absolute Gasteiger partial charge is 0.254 e. The van der Waals surface area contributed by atoms with Gasteiger partial charge in [0, 0.05) is 31.7 Å². The van der Waals surface area contributed by atoms with E-state index in [1.165, 1.54) is 16.4 Å². The maximum atomic E-state index is 13.0. The molecular weight excluding hydrogens is 435 g/mol. The summed E-state index contributed by atoms with van der Waals surface area (Å²) >= 11 is 12.0. The third-order valence-corrected chi connectivity index (χ3v) is 7.35. The van der Waals surface area contributed by atoms with Gasteiger partial charge in [0.1, 0.15) is 0 Å². The lowest BCUT2D eigenvalue weighted by atomic mass is 10.1. The Kier molecular flexibility index (Phi) is 7.19. The Bertz CT molecular complexity index is 992. The SMILES string of the molecule is CCN(Cc1ccc(Cl)c(Cl)c1)C(=O)c1cccc(S(=O)(=O)N2CCOCC2)c1. The van der Waals surface area contributed by atoms with Gasteiger partial charge in [-0.1, -0.05) is 35.3 Å². The van der Waals surface area contributed by atoms with Crippen LogP contribution in [0.25, 0.3) is 0 Å². The van der Waals surface area contributed by atoms with Crippen LogP contribution in [0.1, 0.15) is 22.8 Å². The highest BCUT2D eigenvalue weighted by Gasteiger charge is 2.27. The number of carbonyl (C=O) groups excluding carboxylic acids is 1. The molecule has 1 aliphatic rings. The highest BCUT2D eigenvalue weighted by atomic mass is 35.5. The van der Waals surface area contributed by atoms with Crippen molar-refractivity contribution in [1.29, 1.82) is 0 Å². The molecule has 0 unspecified atom stereocenters. The number of rotatable bonds is 6. The molecule has 2 aromatic rings. The van der Waals surface area contributed by atoms with E-state index in [0.29, 0.717) is 55.0 Å². The summed E-state index contributed by atoms with van der Waals surface area (Å²) in [6.07, 6.45) is 0.